The summed E-state index contributed by atoms with van der Waals surface area (Å²) in [6.07, 6.45) is 5.13. The van der Waals surface area contributed by atoms with Gasteiger partial charge in [0.1, 0.15) is 5.82 Å². The molecule has 2 aliphatic rings. The van der Waals surface area contributed by atoms with E-state index < -0.39 is 17.6 Å². The first-order chi connectivity index (χ1) is 14.0. The smallest absolute Gasteiger partial charge is 0.243 e. The van der Waals surface area contributed by atoms with E-state index in [0.717, 1.165) is 31.4 Å². The van der Waals surface area contributed by atoms with Gasteiger partial charge in [-0.15, -0.1) is 11.8 Å². The van der Waals surface area contributed by atoms with Gasteiger partial charge in [-0.3, -0.25) is 25.6 Å². The Kier molecular flexibility index (Phi) is 7.48. The van der Waals surface area contributed by atoms with Gasteiger partial charge in [0.15, 0.2) is 11.6 Å². The molecule has 0 unspecified atom stereocenters. The molecule has 1 saturated carbocycles. The SMILES string of the molecule is Cc1nc(NNC(=O)[C@H](CC2CCCC2)CN(O)C=O)c(F)c(N2CCSC2)n1. The number of hydrazine groups is 1. The molecule has 1 saturated heterocycles. The molecule has 0 spiro atoms. The molecule has 3 rings (SSSR count). The zero-order valence-corrected chi connectivity index (χ0v) is 17.3. The highest BCUT2D eigenvalue weighted by molar-refractivity contribution is 7.99. The number of anilines is 2. The van der Waals surface area contributed by atoms with Crippen molar-refractivity contribution in [2.45, 2.75) is 39.0 Å². The van der Waals surface area contributed by atoms with Gasteiger partial charge < -0.3 is 4.90 Å². The van der Waals surface area contributed by atoms with E-state index in [9.17, 15) is 19.2 Å². The number of hydroxylamine groups is 2. The molecule has 1 atom stereocenters. The van der Waals surface area contributed by atoms with Crippen molar-refractivity contribution >= 4 is 35.7 Å². The van der Waals surface area contributed by atoms with E-state index in [1.807, 2.05) is 4.90 Å². The van der Waals surface area contributed by atoms with Crippen LogP contribution >= 0.6 is 11.8 Å². The first kappa shape index (κ1) is 21.6. The standard InChI is InChI=1S/C18H27FN6O3S/c1-12-20-16(15(19)17(21-12)24-6-7-29-11-24)22-23-18(27)14(9-25(28)10-26)8-13-4-2-3-5-13/h10,13-14,28H,2-9,11H2,1H3,(H,23,27)(H,20,21,22)/t14-/m1/s1. The number of amides is 2. The molecule has 1 aliphatic heterocycles. The zero-order valence-electron chi connectivity index (χ0n) is 16.4. The van der Waals surface area contributed by atoms with Gasteiger partial charge in [0.2, 0.25) is 18.1 Å². The predicted octanol–water partition coefficient (Wildman–Crippen LogP) is 1.92. The third kappa shape index (κ3) is 5.69. The number of nitrogens with zero attached hydrogens (tertiary/aromatic N) is 4. The highest BCUT2D eigenvalue weighted by Crippen LogP contribution is 2.31. The number of carbonyl (C=O) groups excluding carboxylic acids is 2. The van der Waals surface area contributed by atoms with Crippen LogP contribution < -0.4 is 15.8 Å². The summed E-state index contributed by atoms with van der Waals surface area (Å²) in [4.78, 5) is 33.5. The van der Waals surface area contributed by atoms with E-state index >= 15 is 0 Å². The Morgan fingerprint density at radius 3 is 2.86 bits per heavy atom. The summed E-state index contributed by atoms with van der Waals surface area (Å²) in [5, 5.41) is 10.0. The molecule has 2 heterocycles. The molecule has 11 heteroatoms. The minimum atomic E-state index is -0.623. The van der Waals surface area contributed by atoms with Gasteiger partial charge in [0.05, 0.1) is 18.3 Å². The van der Waals surface area contributed by atoms with Crippen LogP contribution in [0.2, 0.25) is 0 Å². The summed E-state index contributed by atoms with van der Waals surface area (Å²) in [7, 11) is 0. The van der Waals surface area contributed by atoms with E-state index in [1.165, 1.54) is 0 Å². The molecular weight excluding hydrogens is 399 g/mol. The highest BCUT2D eigenvalue weighted by Gasteiger charge is 2.28. The van der Waals surface area contributed by atoms with Gasteiger partial charge >= 0.3 is 0 Å². The minimum Gasteiger partial charge on any atom is -0.344 e. The molecule has 0 radical (unpaired) electrons. The summed E-state index contributed by atoms with van der Waals surface area (Å²) < 4.78 is 14.9. The number of hydrogen-bond acceptors (Lipinski definition) is 8. The number of halogens is 1. The van der Waals surface area contributed by atoms with Crippen molar-refractivity contribution in [1.82, 2.24) is 20.5 Å². The number of hydrogen-bond donors (Lipinski definition) is 3. The first-order valence-corrected chi connectivity index (χ1v) is 11.0. The number of rotatable bonds is 9. The lowest BCUT2D eigenvalue weighted by atomic mass is 9.92. The molecule has 1 aromatic heterocycles. The molecule has 1 aromatic rings. The topological polar surface area (TPSA) is 111 Å². The van der Waals surface area contributed by atoms with Crippen LogP contribution in [0.4, 0.5) is 16.0 Å². The van der Waals surface area contributed by atoms with Crippen LogP contribution in [0.3, 0.4) is 0 Å². The van der Waals surface area contributed by atoms with E-state index in [1.54, 1.807) is 18.7 Å². The Labute approximate surface area is 173 Å². The molecule has 0 aromatic carbocycles. The van der Waals surface area contributed by atoms with Crippen LogP contribution in [0.5, 0.6) is 0 Å². The number of aromatic nitrogens is 2. The van der Waals surface area contributed by atoms with Crippen molar-refractivity contribution in [1.29, 1.82) is 0 Å². The number of thioether (sulfide) groups is 1. The lowest BCUT2D eigenvalue weighted by molar-refractivity contribution is -0.154. The maximum atomic E-state index is 14.9. The monoisotopic (exact) mass is 426 g/mol. The van der Waals surface area contributed by atoms with Crippen LogP contribution in [-0.2, 0) is 9.59 Å². The highest BCUT2D eigenvalue weighted by atomic mass is 32.2. The summed E-state index contributed by atoms with van der Waals surface area (Å²) in [6.45, 7) is 2.25. The van der Waals surface area contributed by atoms with Gasteiger partial charge in [0, 0.05) is 12.3 Å². The van der Waals surface area contributed by atoms with Gasteiger partial charge in [-0.05, 0) is 19.3 Å². The molecule has 1 aliphatic carbocycles. The van der Waals surface area contributed by atoms with E-state index in [0.29, 0.717) is 35.6 Å². The second-order valence-electron chi connectivity index (χ2n) is 7.48. The van der Waals surface area contributed by atoms with Crippen molar-refractivity contribution in [2.75, 3.05) is 35.0 Å². The molecule has 29 heavy (non-hydrogen) atoms. The quantitative estimate of drug-likeness (QED) is 0.312. The third-order valence-corrected chi connectivity index (χ3v) is 6.26. The van der Waals surface area contributed by atoms with E-state index in [-0.39, 0.29) is 24.6 Å². The second kappa shape index (κ2) is 10.1. The third-order valence-electron chi connectivity index (χ3n) is 5.29. The Morgan fingerprint density at radius 1 is 1.45 bits per heavy atom. The number of carbonyl (C=O) groups is 2. The Morgan fingerprint density at radius 2 is 2.21 bits per heavy atom. The fraction of sp³-hybridized carbons (Fsp3) is 0.667. The van der Waals surface area contributed by atoms with Crippen LogP contribution in [0.25, 0.3) is 0 Å². The summed E-state index contributed by atoms with van der Waals surface area (Å²) in [5.74, 6) is 0.774. The first-order valence-electron chi connectivity index (χ1n) is 9.81. The average molecular weight is 427 g/mol. The molecule has 2 fully saturated rings. The van der Waals surface area contributed by atoms with Crippen molar-refractivity contribution in [3.8, 4) is 0 Å². The maximum Gasteiger partial charge on any atom is 0.243 e. The molecular formula is C18H27FN6O3S. The molecule has 3 N–H and O–H groups in total. The van der Waals surface area contributed by atoms with Gasteiger partial charge in [-0.2, -0.15) is 4.39 Å². The van der Waals surface area contributed by atoms with Crippen molar-refractivity contribution in [3.63, 3.8) is 0 Å². The van der Waals surface area contributed by atoms with Crippen LogP contribution in [0, 0.1) is 24.6 Å². The van der Waals surface area contributed by atoms with Gasteiger partial charge in [-0.25, -0.2) is 15.0 Å². The second-order valence-corrected chi connectivity index (χ2v) is 8.56. The van der Waals surface area contributed by atoms with Crippen molar-refractivity contribution in [2.24, 2.45) is 11.8 Å². The Bertz CT molecular complexity index is 728. The van der Waals surface area contributed by atoms with Crippen molar-refractivity contribution in [3.05, 3.63) is 11.6 Å². The predicted molar refractivity (Wildman–Crippen MR) is 108 cm³/mol. The molecule has 2 amide bonds. The normalized spacial score (nSPS) is 18.0. The number of aryl methyl sites for hydroxylation is 1. The Hall–Kier alpha value is -2.14. The average Bonchev–Trinajstić information content (AvgIpc) is 3.41. The fourth-order valence-electron chi connectivity index (χ4n) is 3.82. The van der Waals surface area contributed by atoms with Gasteiger partial charge in [0.25, 0.3) is 0 Å². The van der Waals surface area contributed by atoms with Gasteiger partial charge in [-0.1, -0.05) is 25.7 Å². The van der Waals surface area contributed by atoms with Crippen LogP contribution in [0.1, 0.15) is 37.9 Å². The van der Waals surface area contributed by atoms with Crippen LogP contribution in [-0.4, -0.2) is 57.3 Å². The summed E-state index contributed by atoms with van der Waals surface area (Å²) >= 11 is 1.69. The van der Waals surface area contributed by atoms with Crippen LogP contribution in [0.15, 0.2) is 0 Å². The van der Waals surface area contributed by atoms with E-state index in [4.69, 9.17) is 0 Å². The molecule has 0 bridgehead atoms. The molecule has 160 valence electrons. The van der Waals surface area contributed by atoms with Crippen molar-refractivity contribution < 1.29 is 19.2 Å². The lowest BCUT2D eigenvalue weighted by Gasteiger charge is -2.23. The Balaban J connectivity index is 1.67. The zero-order chi connectivity index (χ0) is 20.8. The summed E-state index contributed by atoms with van der Waals surface area (Å²) in [6, 6.07) is 0. The number of nitrogens with one attached hydrogen (secondary N) is 2. The fourth-order valence-corrected chi connectivity index (χ4v) is 4.77. The largest absolute Gasteiger partial charge is 0.344 e. The summed E-state index contributed by atoms with van der Waals surface area (Å²) in [5.41, 5.74) is 5.06. The lowest BCUT2D eigenvalue weighted by Crippen LogP contribution is -2.41. The molecule has 9 nitrogen and oxygen atoms in total. The van der Waals surface area contributed by atoms with E-state index in [2.05, 4.69) is 20.8 Å². The minimum absolute atomic E-state index is 0.103. The maximum absolute atomic E-state index is 14.9.